The van der Waals surface area contributed by atoms with Crippen LogP contribution in [0.4, 0.5) is 0 Å². The van der Waals surface area contributed by atoms with Crippen molar-refractivity contribution in [1.29, 1.82) is 0 Å². The summed E-state index contributed by atoms with van der Waals surface area (Å²) in [4.78, 5) is 26.0. The summed E-state index contributed by atoms with van der Waals surface area (Å²) in [5, 5.41) is 11.1. The van der Waals surface area contributed by atoms with Crippen LogP contribution in [0.3, 0.4) is 0 Å². The first-order chi connectivity index (χ1) is 8.63. The van der Waals surface area contributed by atoms with Crippen LogP contribution in [0, 0.1) is 0 Å². The van der Waals surface area contributed by atoms with Gasteiger partial charge in [-0.1, -0.05) is 13.3 Å². The SMILES string of the molecule is CCCC(CC(=O)NCCC(=O)O)n1ccnc1. The van der Waals surface area contributed by atoms with Gasteiger partial charge in [0.15, 0.2) is 0 Å². The minimum atomic E-state index is -0.907. The molecule has 1 aromatic heterocycles. The largest absolute Gasteiger partial charge is 0.481 e. The summed E-state index contributed by atoms with van der Waals surface area (Å²) >= 11 is 0. The highest BCUT2D eigenvalue weighted by Crippen LogP contribution is 2.17. The smallest absolute Gasteiger partial charge is 0.305 e. The fourth-order valence-corrected chi connectivity index (χ4v) is 1.77. The number of amides is 1. The molecule has 1 unspecified atom stereocenters. The second-order valence-electron chi connectivity index (χ2n) is 4.15. The molecule has 1 aromatic rings. The lowest BCUT2D eigenvalue weighted by atomic mass is 10.1. The molecule has 0 fully saturated rings. The lowest BCUT2D eigenvalue weighted by Gasteiger charge is -2.17. The van der Waals surface area contributed by atoms with Crippen LogP contribution in [0.15, 0.2) is 18.7 Å². The molecule has 1 rings (SSSR count). The van der Waals surface area contributed by atoms with E-state index in [4.69, 9.17) is 5.11 Å². The molecular formula is C12H19N3O3. The van der Waals surface area contributed by atoms with Crippen molar-refractivity contribution in [2.75, 3.05) is 6.54 Å². The van der Waals surface area contributed by atoms with Crippen molar-refractivity contribution in [1.82, 2.24) is 14.9 Å². The highest BCUT2D eigenvalue weighted by molar-refractivity contribution is 5.77. The van der Waals surface area contributed by atoms with Gasteiger partial charge in [0.1, 0.15) is 0 Å². The number of carbonyl (C=O) groups is 2. The molecule has 0 bridgehead atoms. The molecule has 1 atom stereocenters. The quantitative estimate of drug-likeness (QED) is 0.729. The lowest BCUT2D eigenvalue weighted by molar-refractivity contribution is -0.136. The third-order valence-electron chi connectivity index (χ3n) is 2.65. The third kappa shape index (κ3) is 4.99. The van der Waals surface area contributed by atoms with Crippen LogP contribution in [0.25, 0.3) is 0 Å². The van der Waals surface area contributed by atoms with Crippen LogP contribution < -0.4 is 5.32 Å². The van der Waals surface area contributed by atoms with Crippen molar-refractivity contribution in [3.63, 3.8) is 0 Å². The van der Waals surface area contributed by atoms with Crippen molar-refractivity contribution in [3.8, 4) is 0 Å². The zero-order chi connectivity index (χ0) is 13.4. The number of nitrogens with zero attached hydrogens (tertiary/aromatic N) is 2. The van der Waals surface area contributed by atoms with Crippen LogP contribution in [0.2, 0.25) is 0 Å². The highest BCUT2D eigenvalue weighted by atomic mass is 16.4. The topological polar surface area (TPSA) is 84.2 Å². The fourth-order valence-electron chi connectivity index (χ4n) is 1.77. The normalized spacial score (nSPS) is 12.1. The Hall–Kier alpha value is -1.85. The van der Waals surface area contributed by atoms with Crippen LogP contribution in [-0.4, -0.2) is 33.1 Å². The highest BCUT2D eigenvalue weighted by Gasteiger charge is 2.14. The molecule has 100 valence electrons. The molecule has 0 saturated carbocycles. The predicted octanol–water partition coefficient (Wildman–Crippen LogP) is 1.21. The number of rotatable bonds is 8. The Bertz CT molecular complexity index is 376. The van der Waals surface area contributed by atoms with E-state index in [-0.39, 0.29) is 24.9 Å². The standard InChI is InChI=1S/C12H19N3O3/c1-2-3-10(15-7-6-13-9-15)8-11(16)14-5-4-12(17)18/h6-7,9-10H,2-5,8H2,1H3,(H,14,16)(H,17,18). The lowest BCUT2D eigenvalue weighted by Crippen LogP contribution is -2.28. The minimum absolute atomic E-state index is 0.0464. The summed E-state index contributed by atoms with van der Waals surface area (Å²) in [6.07, 6.45) is 7.40. The zero-order valence-electron chi connectivity index (χ0n) is 10.5. The number of hydrogen-bond donors (Lipinski definition) is 2. The number of nitrogens with one attached hydrogen (secondary N) is 1. The van der Waals surface area contributed by atoms with E-state index in [2.05, 4.69) is 17.2 Å². The maximum absolute atomic E-state index is 11.7. The van der Waals surface area contributed by atoms with Crippen molar-refractivity contribution in [2.45, 2.75) is 38.6 Å². The Balaban J connectivity index is 2.41. The number of hydrogen-bond acceptors (Lipinski definition) is 3. The minimum Gasteiger partial charge on any atom is -0.481 e. The molecule has 0 aliphatic heterocycles. The maximum Gasteiger partial charge on any atom is 0.305 e. The average molecular weight is 253 g/mol. The van der Waals surface area contributed by atoms with Crippen LogP contribution >= 0.6 is 0 Å². The van der Waals surface area contributed by atoms with Gasteiger partial charge in [-0.25, -0.2) is 4.98 Å². The van der Waals surface area contributed by atoms with Crippen molar-refractivity contribution >= 4 is 11.9 Å². The number of imidazole rings is 1. The van der Waals surface area contributed by atoms with Crippen LogP contribution in [0.5, 0.6) is 0 Å². The van der Waals surface area contributed by atoms with Crippen molar-refractivity contribution < 1.29 is 14.7 Å². The van der Waals surface area contributed by atoms with Crippen molar-refractivity contribution in [2.24, 2.45) is 0 Å². The van der Waals surface area contributed by atoms with E-state index in [1.807, 2.05) is 10.8 Å². The molecule has 6 heteroatoms. The number of aliphatic carboxylic acids is 1. The van der Waals surface area contributed by atoms with Gasteiger partial charge in [0.25, 0.3) is 0 Å². The first-order valence-corrected chi connectivity index (χ1v) is 6.09. The molecule has 0 saturated heterocycles. The summed E-state index contributed by atoms with van der Waals surface area (Å²) < 4.78 is 1.92. The Morgan fingerprint density at radius 1 is 1.50 bits per heavy atom. The maximum atomic E-state index is 11.7. The molecule has 0 aliphatic rings. The molecule has 1 heterocycles. The first kappa shape index (κ1) is 14.2. The molecule has 0 aromatic carbocycles. The second-order valence-corrected chi connectivity index (χ2v) is 4.15. The summed E-state index contributed by atoms with van der Waals surface area (Å²) in [7, 11) is 0. The number of carboxylic acid groups (broad SMARTS) is 1. The van der Waals surface area contributed by atoms with E-state index >= 15 is 0 Å². The number of carbonyl (C=O) groups excluding carboxylic acids is 1. The molecule has 6 nitrogen and oxygen atoms in total. The first-order valence-electron chi connectivity index (χ1n) is 6.09. The van der Waals surface area contributed by atoms with E-state index < -0.39 is 5.97 Å². The average Bonchev–Trinajstić information content (AvgIpc) is 2.81. The van der Waals surface area contributed by atoms with Gasteiger partial charge in [0.05, 0.1) is 12.7 Å². The van der Waals surface area contributed by atoms with Gasteiger partial charge in [-0.3, -0.25) is 9.59 Å². The van der Waals surface area contributed by atoms with E-state index in [9.17, 15) is 9.59 Å². The van der Waals surface area contributed by atoms with E-state index in [1.165, 1.54) is 0 Å². The molecular weight excluding hydrogens is 234 g/mol. The Labute approximate surface area is 106 Å². The third-order valence-corrected chi connectivity index (χ3v) is 2.65. The van der Waals surface area contributed by atoms with Gasteiger partial charge in [0, 0.05) is 31.4 Å². The van der Waals surface area contributed by atoms with Gasteiger partial charge < -0.3 is 15.0 Å². The number of carboxylic acids is 1. The summed E-state index contributed by atoms with van der Waals surface area (Å²) in [5.41, 5.74) is 0. The van der Waals surface area contributed by atoms with Gasteiger partial charge in [0.2, 0.25) is 5.91 Å². The molecule has 2 N–H and O–H groups in total. The summed E-state index contributed by atoms with van der Waals surface area (Å²) in [6.45, 7) is 2.24. The van der Waals surface area contributed by atoms with Gasteiger partial charge in [-0.15, -0.1) is 0 Å². The van der Waals surface area contributed by atoms with E-state index in [0.717, 1.165) is 12.8 Å². The Morgan fingerprint density at radius 3 is 2.83 bits per heavy atom. The Morgan fingerprint density at radius 2 is 2.28 bits per heavy atom. The fraction of sp³-hybridized carbons (Fsp3) is 0.583. The van der Waals surface area contributed by atoms with Crippen LogP contribution in [0.1, 0.15) is 38.6 Å². The summed E-state index contributed by atoms with van der Waals surface area (Å²) in [5.74, 6) is -1.03. The molecule has 0 radical (unpaired) electrons. The Kier molecular flexibility index (Phi) is 5.90. The molecule has 1 amide bonds. The zero-order valence-corrected chi connectivity index (χ0v) is 10.5. The van der Waals surface area contributed by atoms with Gasteiger partial charge >= 0.3 is 5.97 Å². The second kappa shape index (κ2) is 7.47. The van der Waals surface area contributed by atoms with Crippen molar-refractivity contribution in [3.05, 3.63) is 18.7 Å². The van der Waals surface area contributed by atoms with Gasteiger partial charge in [-0.05, 0) is 6.42 Å². The predicted molar refractivity (Wildman–Crippen MR) is 66.1 cm³/mol. The molecule has 18 heavy (non-hydrogen) atoms. The number of aromatic nitrogens is 2. The van der Waals surface area contributed by atoms with E-state index in [1.54, 1.807) is 12.5 Å². The van der Waals surface area contributed by atoms with Crippen LogP contribution in [-0.2, 0) is 9.59 Å². The van der Waals surface area contributed by atoms with E-state index in [0.29, 0.717) is 6.42 Å². The summed E-state index contributed by atoms with van der Waals surface area (Å²) in [6, 6.07) is 0.0855. The van der Waals surface area contributed by atoms with Gasteiger partial charge in [-0.2, -0.15) is 0 Å². The molecule has 0 aliphatic carbocycles. The molecule has 0 spiro atoms. The monoisotopic (exact) mass is 253 g/mol.